The van der Waals surface area contributed by atoms with Crippen LogP contribution < -0.4 is 0 Å². The summed E-state index contributed by atoms with van der Waals surface area (Å²) in [4.78, 5) is 17.3. The second-order valence-electron chi connectivity index (χ2n) is 8.28. The molecule has 0 atom stereocenters. The number of carbonyl (C=O) groups is 1. The molecule has 0 saturated carbocycles. The normalized spacial score (nSPS) is 11.0. The van der Waals surface area contributed by atoms with E-state index in [1.165, 1.54) is 0 Å². The van der Waals surface area contributed by atoms with Gasteiger partial charge in [-0.25, -0.2) is 9.78 Å². The van der Waals surface area contributed by atoms with Gasteiger partial charge in [0.1, 0.15) is 0 Å². The topological polar surface area (TPSA) is 49.0 Å². The van der Waals surface area contributed by atoms with Gasteiger partial charge in [0, 0.05) is 38.3 Å². The van der Waals surface area contributed by atoms with E-state index in [-0.39, 0.29) is 5.97 Å². The molecule has 0 aliphatic carbocycles. The molecule has 0 bridgehead atoms. The molecule has 7 heteroatoms. The Labute approximate surface area is 223 Å². The van der Waals surface area contributed by atoms with Crippen LogP contribution in [-0.2, 0) is 4.74 Å². The van der Waals surface area contributed by atoms with Gasteiger partial charge in [-0.2, -0.15) is 0 Å². The first-order chi connectivity index (χ1) is 17.4. The van der Waals surface area contributed by atoms with Crippen molar-refractivity contribution in [2.24, 2.45) is 0 Å². The van der Waals surface area contributed by atoms with Crippen LogP contribution in [0.4, 0.5) is 0 Å². The Morgan fingerprint density at radius 3 is 2.25 bits per heavy atom. The Kier molecular flexibility index (Phi) is 6.81. The van der Waals surface area contributed by atoms with E-state index >= 15 is 0 Å². The molecular formula is C29H23BrClN3O2. The second kappa shape index (κ2) is 10.2. The molecule has 5 aromatic rings. The summed E-state index contributed by atoms with van der Waals surface area (Å²) in [7, 11) is 0. The molecule has 0 radical (unpaired) electrons. The van der Waals surface area contributed by atoms with E-state index < -0.39 is 0 Å². The van der Waals surface area contributed by atoms with Gasteiger partial charge in [-0.3, -0.25) is 0 Å². The van der Waals surface area contributed by atoms with Crippen molar-refractivity contribution in [3.05, 3.63) is 112 Å². The first-order valence-electron chi connectivity index (χ1n) is 11.5. The molecule has 0 N–H and O–H groups in total. The van der Waals surface area contributed by atoms with Gasteiger partial charge in [0.15, 0.2) is 0 Å². The second-order valence-corrected chi connectivity index (χ2v) is 9.63. The molecule has 36 heavy (non-hydrogen) atoms. The van der Waals surface area contributed by atoms with Gasteiger partial charge in [-0.1, -0.05) is 51.8 Å². The Balaban J connectivity index is 1.52. The molecule has 0 fully saturated rings. The fraction of sp³-hybridized carbons (Fsp3) is 0.103. The van der Waals surface area contributed by atoms with Crippen molar-refractivity contribution in [2.75, 3.05) is 6.61 Å². The summed E-state index contributed by atoms with van der Waals surface area (Å²) in [6, 6.07) is 25.7. The highest BCUT2D eigenvalue weighted by Crippen LogP contribution is 2.32. The monoisotopic (exact) mass is 559 g/mol. The molecule has 5 rings (SSSR count). The average molecular weight is 561 g/mol. The lowest BCUT2D eigenvalue weighted by molar-refractivity contribution is 0.0525. The lowest BCUT2D eigenvalue weighted by Gasteiger charge is -2.13. The molecule has 0 spiro atoms. The van der Waals surface area contributed by atoms with Gasteiger partial charge in [0.2, 0.25) is 0 Å². The van der Waals surface area contributed by atoms with Crippen molar-refractivity contribution in [3.8, 4) is 33.9 Å². The maximum absolute atomic E-state index is 12.7. The fourth-order valence-corrected chi connectivity index (χ4v) is 4.59. The Hall–Kier alpha value is -3.61. The molecular weight excluding hydrogens is 538 g/mol. The van der Waals surface area contributed by atoms with Crippen LogP contribution in [-0.4, -0.2) is 26.7 Å². The van der Waals surface area contributed by atoms with E-state index in [1.807, 2.05) is 103 Å². The zero-order valence-electron chi connectivity index (χ0n) is 19.8. The Morgan fingerprint density at radius 2 is 1.58 bits per heavy atom. The van der Waals surface area contributed by atoms with Crippen molar-refractivity contribution in [1.82, 2.24) is 14.1 Å². The summed E-state index contributed by atoms with van der Waals surface area (Å²) in [5.41, 5.74) is 7.04. The van der Waals surface area contributed by atoms with Crippen molar-refractivity contribution < 1.29 is 9.53 Å². The summed E-state index contributed by atoms with van der Waals surface area (Å²) in [6.45, 7) is 4.06. The number of nitrogens with zero attached hydrogens (tertiary/aromatic N) is 3. The lowest BCUT2D eigenvalue weighted by atomic mass is 10.1. The summed E-state index contributed by atoms with van der Waals surface area (Å²) < 4.78 is 10.4. The molecule has 2 heterocycles. The maximum atomic E-state index is 12.7. The first-order valence-corrected chi connectivity index (χ1v) is 12.7. The molecule has 180 valence electrons. The van der Waals surface area contributed by atoms with E-state index in [1.54, 1.807) is 6.92 Å². The number of benzene rings is 3. The Morgan fingerprint density at radius 1 is 0.944 bits per heavy atom. The number of ether oxygens (including phenoxy) is 1. The largest absolute Gasteiger partial charge is 0.462 e. The summed E-state index contributed by atoms with van der Waals surface area (Å²) in [5, 5.41) is 0.658. The Bertz CT molecular complexity index is 1520. The molecule has 0 amide bonds. The van der Waals surface area contributed by atoms with Crippen LogP contribution in [0.5, 0.6) is 0 Å². The predicted octanol–water partition coefficient (Wildman–Crippen LogP) is 7.90. The minimum absolute atomic E-state index is 0.321. The number of aromatic nitrogens is 3. The zero-order chi connectivity index (χ0) is 25.2. The molecule has 0 aliphatic heterocycles. The number of hydrogen-bond donors (Lipinski definition) is 0. The van der Waals surface area contributed by atoms with E-state index in [0.717, 1.165) is 44.1 Å². The molecule has 3 aromatic carbocycles. The van der Waals surface area contributed by atoms with E-state index in [4.69, 9.17) is 16.3 Å². The first kappa shape index (κ1) is 24.1. The summed E-state index contributed by atoms with van der Waals surface area (Å²) in [6.07, 6.45) is 3.82. The summed E-state index contributed by atoms with van der Waals surface area (Å²) >= 11 is 9.59. The van der Waals surface area contributed by atoms with Crippen molar-refractivity contribution in [1.29, 1.82) is 0 Å². The van der Waals surface area contributed by atoms with E-state index in [0.29, 0.717) is 17.2 Å². The van der Waals surface area contributed by atoms with Gasteiger partial charge in [0.05, 0.1) is 29.9 Å². The molecule has 0 unspecified atom stereocenters. The average Bonchev–Trinajstić information content (AvgIpc) is 3.51. The molecule has 0 saturated heterocycles. The third kappa shape index (κ3) is 4.74. The van der Waals surface area contributed by atoms with E-state index in [9.17, 15) is 4.79 Å². The predicted molar refractivity (Wildman–Crippen MR) is 147 cm³/mol. The van der Waals surface area contributed by atoms with Crippen molar-refractivity contribution in [3.63, 3.8) is 0 Å². The third-order valence-electron chi connectivity index (χ3n) is 6.01. The highest BCUT2D eigenvalue weighted by Gasteiger charge is 2.20. The standard InChI is InChI=1S/C29H23BrClN3O2/c1-3-36-29(35)26-16-28(21-4-10-23(31)11-5-21)34(19(26)2)25-12-6-20(7-13-25)27-17-33(18-32-27)24-14-8-22(30)9-15-24/h4-18H,3H2,1-2H3. The van der Waals surface area contributed by atoms with Crippen LogP contribution in [0.1, 0.15) is 23.0 Å². The number of rotatable bonds is 6. The molecule has 0 aliphatic rings. The van der Waals surface area contributed by atoms with Gasteiger partial charge in [0.25, 0.3) is 0 Å². The van der Waals surface area contributed by atoms with E-state index in [2.05, 4.69) is 25.5 Å². The number of esters is 1. The minimum atomic E-state index is -0.334. The number of hydrogen-bond acceptors (Lipinski definition) is 3. The van der Waals surface area contributed by atoms with Crippen LogP contribution in [0.15, 0.2) is 95.9 Å². The van der Waals surface area contributed by atoms with Crippen LogP contribution in [0.25, 0.3) is 33.9 Å². The lowest BCUT2D eigenvalue weighted by Crippen LogP contribution is -2.06. The van der Waals surface area contributed by atoms with Crippen LogP contribution in [0.3, 0.4) is 0 Å². The van der Waals surface area contributed by atoms with Crippen LogP contribution in [0.2, 0.25) is 5.02 Å². The van der Waals surface area contributed by atoms with Gasteiger partial charge < -0.3 is 13.9 Å². The highest BCUT2D eigenvalue weighted by atomic mass is 79.9. The number of imidazole rings is 1. The molecule has 2 aromatic heterocycles. The quantitative estimate of drug-likeness (QED) is 0.198. The molecule has 5 nitrogen and oxygen atoms in total. The van der Waals surface area contributed by atoms with Crippen molar-refractivity contribution in [2.45, 2.75) is 13.8 Å². The minimum Gasteiger partial charge on any atom is -0.462 e. The maximum Gasteiger partial charge on any atom is 0.339 e. The highest BCUT2D eigenvalue weighted by molar-refractivity contribution is 9.10. The zero-order valence-corrected chi connectivity index (χ0v) is 22.1. The smallest absolute Gasteiger partial charge is 0.339 e. The fourth-order valence-electron chi connectivity index (χ4n) is 4.20. The number of carbonyl (C=O) groups excluding carboxylic acids is 1. The van der Waals surface area contributed by atoms with Gasteiger partial charge in [-0.15, -0.1) is 0 Å². The van der Waals surface area contributed by atoms with Gasteiger partial charge in [-0.05, 0) is 74.0 Å². The SMILES string of the molecule is CCOC(=O)c1cc(-c2ccc(Cl)cc2)n(-c2ccc(-c3cn(-c4ccc(Br)cc4)cn3)cc2)c1C. The van der Waals surface area contributed by atoms with Gasteiger partial charge >= 0.3 is 5.97 Å². The van der Waals surface area contributed by atoms with Crippen LogP contribution in [0, 0.1) is 6.92 Å². The van der Waals surface area contributed by atoms with Crippen LogP contribution >= 0.6 is 27.5 Å². The van der Waals surface area contributed by atoms with Crippen molar-refractivity contribution >= 4 is 33.5 Å². The summed E-state index contributed by atoms with van der Waals surface area (Å²) in [5.74, 6) is -0.334. The third-order valence-corrected chi connectivity index (χ3v) is 6.79. The number of halogens is 2.